The molecule has 1 atom stereocenters. The molecule has 0 aromatic heterocycles. The Kier molecular flexibility index (Phi) is 4.97. The molecule has 0 spiro atoms. The lowest BCUT2D eigenvalue weighted by molar-refractivity contribution is -0.116. The van der Waals surface area contributed by atoms with E-state index in [9.17, 15) is 9.59 Å². The van der Waals surface area contributed by atoms with E-state index in [1.165, 1.54) is 5.56 Å². The molecule has 0 radical (unpaired) electrons. The largest absolute Gasteiger partial charge is 0.336 e. The van der Waals surface area contributed by atoms with Gasteiger partial charge in [0.25, 0.3) is 5.91 Å². The van der Waals surface area contributed by atoms with Crippen molar-refractivity contribution < 1.29 is 9.59 Å². The van der Waals surface area contributed by atoms with Crippen LogP contribution in [-0.4, -0.2) is 35.8 Å². The molecular formula is C23H26N2O2. The molecule has 2 heterocycles. The van der Waals surface area contributed by atoms with Gasteiger partial charge in [0.15, 0.2) is 0 Å². The number of aryl methyl sites for hydroxylation is 1. The summed E-state index contributed by atoms with van der Waals surface area (Å²) in [5.41, 5.74) is 4.15. The average Bonchev–Trinajstić information content (AvgIpc) is 3.33. The molecule has 0 N–H and O–H groups in total. The zero-order valence-corrected chi connectivity index (χ0v) is 15.9. The summed E-state index contributed by atoms with van der Waals surface area (Å²) in [4.78, 5) is 28.7. The van der Waals surface area contributed by atoms with Crippen LogP contribution < -0.4 is 4.90 Å². The Labute approximate surface area is 160 Å². The molecule has 2 aromatic rings. The van der Waals surface area contributed by atoms with Crippen LogP contribution in [0.3, 0.4) is 0 Å². The fourth-order valence-corrected chi connectivity index (χ4v) is 4.41. The van der Waals surface area contributed by atoms with Gasteiger partial charge in [-0.2, -0.15) is 0 Å². The third-order valence-corrected chi connectivity index (χ3v) is 5.85. The van der Waals surface area contributed by atoms with Gasteiger partial charge in [0.05, 0.1) is 0 Å². The molecule has 0 aliphatic carbocycles. The van der Waals surface area contributed by atoms with Crippen LogP contribution in [0.15, 0.2) is 48.5 Å². The lowest BCUT2D eigenvalue weighted by Gasteiger charge is -2.25. The molecule has 140 valence electrons. The SMILES string of the molecule is CC(=O)N1CCc2cc(C(=O)N3CCCC3CCc3ccccc3)ccc21. The first-order valence-corrected chi connectivity index (χ1v) is 9.89. The molecule has 2 aliphatic rings. The Morgan fingerprint density at radius 1 is 1.07 bits per heavy atom. The second-order valence-corrected chi connectivity index (χ2v) is 7.58. The summed E-state index contributed by atoms with van der Waals surface area (Å²) in [6.45, 7) is 3.15. The van der Waals surface area contributed by atoms with Crippen LogP contribution in [0.25, 0.3) is 0 Å². The van der Waals surface area contributed by atoms with Crippen LogP contribution in [0.1, 0.15) is 47.7 Å². The van der Waals surface area contributed by atoms with Crippen molar-refractivity contribution in [2.75, 3.05) is 18.0 Å². The summed E-state index contributed by atoms with van der Waals surface area (Å²) in [5.74, 6) is 0.197. The molecule has 2 amide bonds. The average molecular weight is 362 g/mol. The second-order valence-electron chi connectivity index (χ2n) is 7.58. The highest BCUT2D eigenvalue weighted by Gasteiger charge is 2.30. The number of nitrogens with zero attached hydrogens (tertiary/aromatic N) is 2. The molecule has 1 unspecified atom stereocenters. The van der Waals surface area contributed by atoms with Crippen molar-refractivity contribution in [1.82, 2.24) is 4.90 Å². The minimum absolute atomic E-state index is 0.0633. The van der Waals surface area contributed by atoms with E-state index in [0.29, 0.717) is 12.6 Å². The second kappa shape index (κ2) is 7.55. The highest BCUT2D eigenvalue weighted by molar-refractivity contribution is 5.98. The molecule has 1 fully saturated rings. The van der Waals surface area contributed by atoms with Crippen molar-refractivity contribution in [3.8, 4) is 0 Å². The van der Waals surface area contributed by atoms with Gasteiger partial charge >= 0.3 is 0 Å². The van der Waals surface area contributed by atoms with Crippen molar-refractivity contribution >= 4 is 17.5 Å². The van der Waals surface area contributed by atoms with E-state index in [1.807, 2.05) is 24.3 Å². The highest BCUT2D eigenvalue weighted by atomic mass is 16.2. The lowest BCUT2D eigenvalue weighted by atomic mass is 10.0. The van der Waals surface area contributed by atoms with Gasteiger partial charge in [-0.05, 0) is 61.4 Å². The number of benzene rings is 2. The third-order valence-electron chi connectivity index (χ3n) is 5.85. The smallest absolute Gasteiger partial charge is 0.254 e. The van der Waals surface area contributed by atoms with Gasteiger partial charge in [-0.25, -0.2) is 0 Å². The number of hydrogen-bond donors (Lipinski definition) is 0. The number of fused-ring (bicyclic) bond motifs is 1. The zero-order chi connectivity index (χ0) is 18.8. The summed E-state index contributed by atoms with van der Waals surface area (Å²) in [5, 5.41) is 0. The minimum atomic E-state index is 0.0633. The van der Waals surface area contributed by atoms with E-state index in [0.717, 1.165) is 55.5 Å². The molecule has 27 heavy (non-hydrogen) atoms. The van der Waals surface area contributed by atoms with Crippen LogP contribution in [-0.2, 0) is 17.6 Å². The van der Waals surface area contributed by atoms with Gasteiger partial charge < -0.3 is 9.80 Å². The van der Waals surface area contributed by atoms with Crippen LogP contribution in [0.5, 0.6) is 0 Å². The van der Waals surface area contributed by atoms with Gasteiger partial charge in [0.1, 0.15) is 0 Å². The monoisotopic (exact) mass is 362 g/mol. The number of carbonyl (C=O) groups excluding carboxylic acids is 2. The van der Waals surface area contributed by atoms with Crippen LogP contribution in [0.2, 0.25) is 0 Å². The minimum Gasteiger partial charge on any atom is -0.336 e. The van der Waals surface area contributed by atoms with Gasteiger partial charge in [-0.15, -0.1) is 0 Å². The molecule has 1 saturated heterocycles. The van der Waals surface area contributed by atoms with Crippen LogP contribution in [0.4, 0.5) is 5.69 Å². The number of hydrogen-bond acceptors (Lipinski definition) is 2. The Morgan fingerprint density at radius 2 is 1.89 bits per heavy atom. The van der Waals surface area contributed by atoms with E-state index in [-0.39, 0.29) is 11.8 Å². The van der Waals surface area contributed by atoms with Gasteiger partial charge in [-0.3, -0.25) is 9.59 Å². The Morgan fingerprint density at radius 3 is 2.67 bits per heavy atom. The van der Waals surface area contributed by atoms with Gasteiger partial charge in [0, 0.05) is 37.3 Å². The Hall–Kier alpha value is -2.62. The fraction of sp³-hybridized carbons (Fsp3) is 0.391. The predicted molar refractivity (Wildman–Crippen MR) is 107 cm³/mol. The van der Waals surface area contributed by atoms with E-state index < -0.39 is 0 Å². The molecule has 2 aliphatic heterocycles. The van der Waals surface area contributed by atoms with E-state index in [4.69, 9.17) is 0 Å². The van der Waals surface area contributed by atoms with Crippen molar-refractivity contribution in [3.05, 3.63) is 65.2 Å². The fourth-order valence-electron chi connectivity index (χ4n) is 4.41. The summed E-state index contributed by atoms with van der Waals surface area (Å²) in [6.07, 6.45) is 5.01. The first-order valence-electron chi connectivity index (χ1n) is 9.89. The Balaban J connectivity index is 1.46. The van der Waals surface area contributed by atoms with Crippen LogP contribution in [0, 0.1) is 0 Å². The number of rotatable bonds is 4. The number of likely N-dealkylation sites (tertiary alicyclic amines) is 1. The van der Waals surface area contributed by atoms with Crippen molar-refractivity contribution in [3.63, 3.8) is 0 Å². The van der Waals surface area contributed by atoms with E-state index in [1.54, 1.807) is 11.8 Å². The molecule has 2 aromatic carbocycles. The standard InChI is InChI=1S/C23H26N2O2/c1-17(26)24-15-13-19-16-20(10-12-22(19)24)23(27)25-14-5-8-21(25)11-9-18-6-3-2-4-7-18/h2-4,6-7,10,12,16,21H,5,8-9,11,13-15H2,1H3. The van der Waals surface area contributed by atoms with Crippen molar-refractivity contribution in [2.45, 2.75) is 45.1 Å². The zero-order valence-electron chi connectivity index (χ0n) is 15.9. The maximum absolute atomic E-state index is 13.1. The van der Waals surface area contributed by atoms with Crippen molar-refractivity contribution in [2.24, 2.45) is 0 Å². The molecule has 0 saturated carbocycles. The van der Waals surface area contributed by atoms with Gasteiger partial charge in [0.2, 0.25) is 5.91 Å². The quantitative estimate of drug-likeness (QED) is 0.829. The van der Waals surface area contributed by atoms with Crippen LogP contribution >= 0.6 is 0 Å². The van der Waals surface area contributed by atoms with Crippen molar-refractivity contribution in [1.29, 1.82) is 0 Å². The maximum atomic E-state index is 13.1. The number of carbonyl (C=O) groups is 2. The molecule has 4 nitrogen and oxygen atoms in total. The molecular weight excluding hydrogens is 336 g/mol. The molecule has 4 heteroatoms. The highest BCUT2D eigenvalue weighted by Crippen LogP contribution is 2.30. The topological polar surface area (TPSA) is 40.6 Å². The number of anilines is 1. The third kappa shape index (κ3) is 3.61. The summed E-state index contributed by atoms with van der Waals surface area (Å²) in [6, 6.07) is 16.6. The van der Waals surface area contributed by atoms with E-state index in [2.05, 4.69) is 29.2 Å². The summed E-state index contributed by atoms with van der Waals surface area (Å²) in [7, 11) is 0. The summed E-state index contributed by atoms with van der Waals surface area (Å²) < 4.78 is 0. The number of amides is 2. The van der Waals surface area contributed by atoms with Gasteiger partial charge in [-0.1, -0.05) is 30.3 Å². The maximum Gasteiger partial charge on any atom is 0.254 e. The Bertz CT molecular complexity index is 847. The normalized spacial score (nSPS) is 18.6. The van der Waals surface area contributed by atoms with E-state index >= 15 is 0 Å². The first-order chi connectivity index (χ1) is 13.1. The summed E-state index contributed by atoms with van der Waals surface area (Å²) >= 11 is 0. The predicted octanol–water partition coefficient (Wildman–Crippen LogP) is 3.83. The first kappa shape index (κ1) is 17.8. The lowest BCUT2D eigenvalue weighted by Crippen LogP contribution is -2.35. The molecule has 4 rings (SSSR count). The molecule has 0 bridgehead atoms.